The largest absolute Gasteiger partial charge is 0.497 e. The van der Waals surface area contributed by atoms with Crippen molar-refractivity contribution in [2.24, 2.45) is 0 Å². The van der Waals surface area contributed by atoms with Crippen molar-refractivity contribution in [2.75, 3.05) is 12.4 Å². The van der Waals surface area contributed by atoms with E-state index < -0.39 is 17.1 Å². The van der Waals surface area contributed by atoms with Crippen LogP contribution in [0, 0.1) is 5.82 Å². The van der Waals surface area contributed by atoms with E-state index in [4.69, 9.17) is 16.3 Å². The Hall–Kier alpha value is -2.70. The van der Waals surface area contributed by atoms with E-state index in [2.05, 4.69) is 5.32 Å². The molecule has 142 valence electrons. The van der Waals surface area contributed by atoms with Gasteiger partial charge in [0.15, 0.2) is 5.78 Å². The molecule has 1 aliphatic rings. The number of carbonyl (C=O) groups excluding carboxylic acids is 2. The molecule has 0 radical (unpaired) electrons. The number of methoxy groups -OCH3 is 1. The van der Waals surface area contributed by atoms with Crippen molar-refractivity contribution in [1.82, 2.24) is 0 Å². The summed E-state index contributed by atoms with van der Waals surface area (Å²) in [5.41, 5.74) is 0.327. The molecule has 2 aromatic carbocycles. The molecular formula is C21H15ClFNO3S. The molecule has 0 saturated heterocycles. The second kappa shape index (κ2) is 6.72. The molecular weight excluding hydrogens is 401 g/mol. The quantitative estimate of drug-likeness (QED) is 0.590. The molecule has 0 bridgehead atoms. The summed E-state index contributed by atoms with van der Waals surface area (Å²) in [5, 5.41) is 3.18. The summed E-state index contributed by atoms with van der Waals surface area (Å²) in [5.74, 6) is -0.618. The lowest BCUT2D eigenvalue weighted by Gasteiger charge is -2.32. The first kappa shape index (κ1) is 18.7. The van der Waals surface area contributed by atoms with Gasteiger partial charge in [-0.2, -0.15) is 0 Å². The molecule has 7 heteroatoms. The first-order chi connectivity index (χ1) is 13.4. The maximum atomic E-state index is 13.8. The van der Waals surface area contributed by atoms with Crippen LogP contribution in [0.3, 0.4) is 0 Å². The van der Waals surface area contributed by atoms with Gasteiger partial charge in [-0.25, -0.2) is 4.39 Å². The molecule has 4 nitrogen and oxygen atoms in total. The van der Waals surface area contributed by atoms with Gasteiger partial charge in [0.1, 0.15) is 26.3 Å². The lowest BCUT2D eigenvalue weighted by Crippen LogP contribution is -2.48. The van der Waals surface area contributed by atoms with Crippen LogP contribution in [-0.2, 0) is 10.2 Å². The molecule has 2 heterocycles. The number of benzene rings is 2. The van der Waals surface area contributed by atoms with Crippen molar-refractivity contribution in [3.63, 3.8) is 0 Å². The Balaban J connectivity index is 1.89. The van der Waals surface area contributed by atoms with Crippen molar-refractivity contribution in [2.45, 2.75) is 12.3 Å². The number of carbonyl (C=O) groups is 2. The molecule has 4 rings (SSSR count). The Labute approximate surface area is 169 Å². The summed E-state index contributed by atoms with van der Waals surface area (Å²) in [6, 6.07) is 12.7. The maximum absolute atomic E-state index is 13.8. The summed E-state index contributed by atoms with van der Waals surface area (Å²) < 4.78 is 19.2. The number of amides is 1. The number of hydrogen-bond donors (Lipinski definition) is 1. The third-order valence-corrected chi connectivity index (χ3v) is 6.32. The van der Waals surface area contributed by atoms with Gasteiger partial charge in [0, 0.05) is 5.56 Å². The van der Waals surface area contributed by atoms with Gasteiger partial charge in [-0.05, 0) is 42.3 Å². The highest BCUT2D eigenvalue weighted by molar-refractivity contribution is 7.21. The van der Waals surface area contributed by atoms with E-state index in [0.29, 0.717) is 37.3 Å². The van der Waals surface area contributed by atoms with E-state index in [1.54, 1.807) is 50.4 Å². The van der Waals surface area contributed by atoms with Gasteiger partial charge in [0.2, 0.25) is 5.91 Å². The summed E-state index contributed by atoms with van der Waals surface area (Å²) in [6.07, 6.45) is 0. The molecule has 1 aliphatic heterocycles. The molecule has 0 aliphatic carbocycles. The van der Waals surface area contributed by atoms with Crippen LogP contribution in [0.25, 0.3) is 11.1 Å². The normalized spacial score (nSPS) is 18.6. The topological polar surface area (TPSA) is 55.4 Å². The number of rotatable bonds is 3. The highest BCUT2D eigenvalue weighted by Gasteiger charge is 2.49. The number of thiophene rings is 1. The Bertz CT molecular complexity index is 1110. The highest BCUT2D eigenvalue weighted by atomic mass is 35.5. The predicted molar refractivity (Wildman–Crippen MR) is 108 cm³/mol. The number of Topliss-reactive ketones (excluding diaryl/α,β-unsaturated/α-hetero) is 1. The molecule has 28 heavy (non-hydrogen) atoms. The Morgan fingerprint density at radius 1 is 1.11 bits per heavy atom. The highest BCUT2D eigenvalue weighted by Crippen LogP contribution is 2.49. The van der Waals surface area contributed by atoms with Crippen LogP contribution >= 0.6 is 22.9 Å². The number of anilines is 1. The number of hydrogen-bond acceptors (Lipinski definition) is 4. The fraction of sp³-hybridized carbons (Fsp3) is 0.143. The van der Waals surface area contributed by atoms with Crippen LogP contribution in [0.4, 0.5) is 9.39 Å². The summed E-state index contributed by atoms with van der Waals surface area (Å²) in [4.78, 5) is 26.5. The summed E-state index contributed by atoms with van der Waals surface area (Å²) >= 11 is 7.49. The van der Waals surface area contributed by atoms with Gasteiger partial charge in [-0.15, -0.1) is 11.3 Å². The van der Waals surface area contributed by atoms with Crippen LogP contribution < -0.4 is 10.1 Å². The van der Waals surface area contributed by atoms with E-state index in [0.717, 1.165) is 11.3 Å². The van der Waals surface area contributed by atoms with E-state index >= 15 is 0 Å². The zero-order valence-electron chi connectivity index (χ0n) is 15.0. The molecule has 1 unspecified atom stereocenters. The van der Waals surface area contributed by atoms with Crippen molar-refractivity contribution >= 4 is 39.6 Å². The van der Waals surface area contributed by atoms with Crippen molar-refractivity contribution in [1.29, 1.82) is 0 Å². The van der Waals surface area contributed by atoms with Crippen LogP contribution in [0.1, 0.15) is 22.8 Å². The SMILES string of the molecule is COc1ccc(C2(C)C(=O)Nc3sc(Cl)c(-c4cccc(F)c4)c3C2=O)cc1. The van der Waals surface area contributed by atoms with Gasteiger partial charge in [0.25, 0.3) is 0 Å². The van der Waals surface area contributed by atoms with Crippen molar-refractivity contribution in [3.8, 4) is 16.9 Å². The Morgan fingerprint density at radius 3 is 2.46 bits per heavy atom. The summed E-state index contributed by atoms with van der Waals surface area (Å²) in [6.45, 7) is 1.58. The van der Waals surface area contributed by atoms with Gasteiger partial charge >= 0.3 is 0 Å². The molecule has 0 spiro atoms. The molecule has 1 N–H and O–H groups in total. The molecule has 1 amide bonds. The molecule has 1 atom stereocenters. The second-order valence-electron chi connectivity index (χ2n) is 6.60. The summed E-state index contributed by atoms with van der Waals surface area (Å²) in [7, 11) is 1.54. The van der Waals surface area contributed by atoms with Crippen molar-refractivity contribution < 1.29 is 18.7 Å². The average molecular weight is 416 g/mol. The minimum atomic E-state index is -1.44. The van der Waals surface area contributed by atoms with E-state index in [-0.39, 0.29) is 5.78 Å². The first-order valence-electron chi connectivity index (χ1n) is 8.45. The second-order valence-corrected chi connectivity index (χ2v) is 8.22. The lowest BCUT2D eigenvalue weighted by atomic mass is 9.73. The van der Waals surface area contributed by atoms with Crippen LogP contribution in [0.5, 0.6) is 5.75 Å². The molecule has 0 saturated carbocycles. The van der Waals surface area contributed by atoms with Gasteiger partial charge in [0.05, 0.1) is 12.7 Å². The standard InChI is InChI=1S/C21H15ClFNO3S/c1-21(12-6-8-14(27-2)9-7-12)17(25)16-15(11-4-3-5-13(23)10-11)18(22)28-19(16)24-20(21)26/h3-10H,1-2H3,(H,24,26). The molecule has 0 fully saturated rings. The third-order valence-electron chi connectivity index (χ3n) is 5.01. The number of ether oxygens (including phenoxy) is 1. The first-order valence-corrected chi connectivity index (χ1v) is 9.64. The van der Waals surface area contributed by atoms with Gasteiger partial charge in [-0.3, -0.25) is 9.59 Å². The number of nitrogens with one attached hydrogen (secondary N) is 1. The average Bonchev–Trinajstić information content (AvgIpc) is 3.02. The van der Waals surface area contributed by atoms with E-state index in [9.17, 15) is 14.0 Å². The maximum Gasteiger partial charge on any atom is 0.243 e. The Kier molecular flexibility index (Phi) is 4.48. The zero-order valence-corrected chi connectivity index (χ0v) is 16.6. The van der Waals surface area contributed by atoms with E-state index in [1.807, 2.05) is 0 Å². The fourth-order valence-corrected chi connectivity index (χ4v) is 4.75. The number of fused-ring (bicyclic) bond motifs is 1. The monoisotopic (exact) mass is 415 g/mol. The van der Waals surface area contributed by atoms with E-state index in [1.165, 1.54) is 12.1 Å². The molecule has 3 aromatic rings. The minimum absolute atomic E-state index is 0.304. The zero-order chi connectivity index (χ0) is 20.1. The number of halogens is 2. The lowest BCUT2D eigenvalue weighted by molar-refractivity contribution is -0.119. The fourth-order valence-electron chi connectivity index (χ4n) is 3.38. The molecule has 1 aromatic heterocycles. The van der Waals surface area contributed by atoms with Gasteiger partial charge in [-0.1, -0.05) is 35.9 Å². The minimum Gasteiger partial charge on any atom is -0.497 e. The third kappa shape index (κ3) is 2.72. The smallest absolute Gasteiger partial charge is 0.243 e. The van der Waals surface area contributed by atoms with Crippen LogP contribution in [0.2, 0.25) is 4.34 Å². The Morgan fingerprint density at radius 2 is 1.82 bits per heavy atom. The van der Waals surface area contributed by atoms with Crippen molar-refractivity contribution in [3.05, 3.63) is 69.8 Å². The number of ketones is 1. The predicted octanol–water partition coefficient (Wildman–Crippen LogP) is 5.31. The van der Waals surface area contributed by atoms with Gasteiger partial charge < -0.3 is 10.1 Å². The van der Waals surface area contributed by atoms with Crippen LogP contribution in [0.15, 0.2) is 48.5 Å². The van der Waals surface area contributed by atoms with Crippen LogP contribution in [-0.4, -0.2) is 18.8 Å².